The van der Waals surface area contributed by atoms with Crippen molar-refractivity contribution in [2.45, 2.75) is 27.4 Å². The summed E-state index contributed by atoms with van der Waals surface area (Å²) in [5.74, 6) is -1.39. The van der Waals surface area contributed by atoms with E-state index in [9.17, 15) is 14.7 Å². The van der Waals surface area contributed by atoms with E-state index in [1.807, 2.05) is 0 Å². The molecule has 25 heavy (non-hydrogen) atoms. The van der Waals surface area contributed by atoms with Crippen LogP contribution in [0.4, 0.5) is 0 Å². The van der Waals surface area contributed by atoms with Crippen LogP contribution in [-0.4, -0.2) is 28.3 Å². The summed E-state index contributed by atoms with van der Waals surface area (Å²) < 4.78 is 3.54. The highest BCUT2D eigenvalue weighted by Crippen LogP contribution is 2.44. The van der Waals surface area contributed by atoms with Crippen LogP contribution in [0.15, 0.2) is 27.6 Å². The first-order chi connectivity index (χ1) is 11.7. The molecular formula is C16H12Cl3NO4S. The highest BCUT2D eigenvalue weighted by Gasteiger charge is 2.37. The molecule has 5 nitrogen and oxygen atoms in total. The lowest BCUT2D eigenvalue weighted by Gasteiger charge is -2.14. The average molecular weight is 421 g/mol. The molecule has 0 radical (unpaired) electrons. The van der Waals surface area contributed by atoms with Crippen molar-refractivity contribution in [3.8, 4) is 0 Å². The van der Waals surface area contributed by atoms with Gasteiger partial charge in [0.2, 0.25) is 9.49 Å². The maximum atomic E-state index is 13.1. The fourth-order valence-electron chi connectivity index (χ4n) is 2.48. The van der Waals surface area contributed by atoms with Crippen LogP contribution in [0.25, 0.3) is 0 Å². The zero-order valence-corrected chi connectivity index (χ0v) is 16.0. The zero-order chi connectivity index (χ0) is 18.4. The van der Waals surface area contributed by atoms with Crippen LogP contribution in [0.3, 0.4) is 0 Å². The van der Waals surface area contributed by atoms with Crippen molar-refractivity contribution in [3.05, 3.63) is 46.3 Å². The van der Waals surface area contributed by atoms with E-state index in [-0.39, 0.29) is 17.2 Å². The molecule has 1 saturated carbocycles. The van der Waals surface area contributed by atoms with E-state index in [0.29, 0.717) is 21.8 Å². The number of nitrogens with zero attached hydrogens (tertiary/aromatic N) is 1. The lowest BCUT2D eigenvalue weighted by molar-refractivity contribution is 0.0682. The van der Waals surface area contributed by atoms with Gasteiger partial charge in [0.05, 0.1) is 0 Å². The summed E-state index contributed by atoms with van der Waals surface area (Å²) in [6.07, 6.45) is 3.47. The average Bonchev–Trinajstić information content (AvgIpc) is 3.30. The van der Waals surface area contributed by atoms with Gasteiger partial charge in [0, 0.05) is 21.9 Å². The second-order valence-electron chi connectivity index (χ2n) is 5.59. The largest absolute Gasteiger partial charge is 0.476 e. The molecule has 1 heterocycles. The van der Waals surface area contributed by atoms with Crippen LogP contribution in [0.1, 0.15) is 56.5 Å². The topological polar surface area (TPSA) is 80.4 Å². The number of rotatable bonds is 5. The van der Waals surface area contributed by atoms with Gasteiger partial charge in [-0.05, 0) is 31.2 Å². The first-order valence-corrected chi connectivity index (χ1v) is 9.62. The quantitative estimate of drug-likeness (QED) is 0.415. The predicted molar refractivity (Wildman–Crippen MR) is 96.3 cm³/mol. The van der Waals surface area contributed by atoms with Gasteiger partial charge in [-0.15, -0.1) is 11.8 Å². The molecule has 0 bridgehead atoms. The van der Waals surface area contributed by atoms with Crippen LogP contribution in [-0.2, 0) is 3.79 Å². The number of benzene rings is 1. The van der Waals surface area contributed by atoms with Crippen LogP contribution in [0.5, 0.6) is 0 Å². The Labute approximate surface area is 162 Å². The third-order valence-corrected chi connectivity index (χ3v) is 5.30. The van der Waals surface area contributed by atoms with Gasteiger partial charge in [0.15, 0.2) is 11.5 Å². The fraction of sp³-hybridized carbons (Fsp3) is 0.312. The standard InChI is InChI=1S/C16H12Cl3NO4S/c1-25-10-6-8(16(17,18)19)4-5-9(10)13(21)11-12(15(22)23)20-24-14(11)7-2-3-7/h4-7H,2-3H2,1H3,(H,22,23). The minimum atomic E-state index is -1.62. The van der Waals surface area contributed by atoms with Gasteiger partial charge >= 0.3 is 5.97 Å². The van der Waals surface area contributed by atoms with Gasteiger partial charge in [-0.2, -0.15) is 0 Å². The molecule has 2 aromatic rings. The Morgan fingerprint density at radius 3 is 2.52 bits per heavy atom. The Morgan fingerprint density at radius 2 is 2.00 bits per heavy atom. The molecule has 0 aliphatic heterocycles. The fourth-order valence-corrected chi connectivity index (χ4v) is 3.46. The Balaban J connectivity index is 2.10. The molecule has 132 valence electrons. The Bertz CT molecular complexity index is 856. The molecule has 1 aromatic carbocycles. The highest BCUT2D eigenvalue weighted by atomic mass is 35.6. The van der Waals surface area contributed by atoms with Crippen LogP contribution < -0.4 is 0 Å². The van der Waals surface area contributed by atoms with E-state index in [1.54, 1.807) is 12.3 Å². The molecule has 3 rings (SSSR count). The molecule has 1 aromatic heterocycles. The van der Waals surface area contributed by atoms with Gasteiger partial charge in [-0.1, -0.05) is 46.0 Å². The van der Waals surface area contributed by atoms with Crippen molar-refractivity contribution in [3.63, 3.8) is 0 Å². The predicted octanol–water partition coefficient (Wildman–Crippen LogP) is 5.03. The first kappa shape index (κ1) is 18.6. The van der Waals surface area contributed by atoms with Gasteiger partial charge in [0.25, 0.3) is 0 Å². The Hall–Kier alpha value is -1.21. The maximum absolute atomic E-state index is 13.1. The summed E-state index contributed by atoms with van der Waals surface area (Å²) in [5.41, 5.74) is 0.374. The minimum Gasteiger partial charge on any atom is -0.476 e. The maximum Gasteiger partial charge on any atom is 0.358 e. The van der Waals surface area contributed by atoms with Gasteiger partial charge in [-0.3, -0.25) is 4.79 Å². The molecule has 9 heteroatoms. The van der Waals surface area contributed by atoms with E-state index >= 15 is 0 Å². The van der Waals surface area contributed by atoms with Crippen molar-refractivity contribution in [1.82, 2.24) is 5.16 Å². The van der Waals surface area contributed by atoms with E-state index in [2.05, 4.69) is 5.16 Å². The molecule has 1 aliphatic carbocycles. The second kappa shape index (κ2) is 6.83. The summed E-state index contributed by atoms with van der Waals surface area (Å²) in [7, 11) is 0. The SMILES string of the molecule is CSc1cc(C(Cl)(Cl)Cl)ccc1C(=O)c1c(C(=O)O)noc1C1CC1. The number of carboxylic acid groups (broad SMARTS) is 1. The molecule has 0 amide bonds. The molecule has 1 N–H and O–H groups in total. The summed E-state index contributed by atoms with van der Waals surface area (Å²) >= 11 is 19.0. The second-order valence-corrected chi connectivity index (χ2v) is 8.72. The third kappa shape index (κ3) is 3.67. The Kier molecular flexibility index (Phi) is 5.08. The number of hydrogen-bond acceptors (Lipinski definition) is 5. The van der Waals surface area contributed by atoms with Crippen LogP contribution in [0, 0.1) is 0 Å². The number of aromatic nitrogens is 1. The number of carbonyl (C=O) groups is 2. The summed E-state index contributed by atoms with van der Waals surface area (Å²) in [6.45, 7) is 0. The summed E-state index contributed by atoms with van der Waals surface area (Å²) in [4.78, 5) is 25.0. The molecule has 1 aliphatic rings. The molecule has 0 unspecified atom stereocenters. The molecular weight excluding hydrogens is 409 g/mol. The number of alkyl halides is 3. The van der Waals surface area contributed by atoms with Gasteiger partial charge in [-0.25, -0.2) is 4.79 Å². The zero-order valence-electron chi connectivity index (χ0n) is 12.9. The van der Waals surface area contributed by atoms with E-state index < -0.39 is 15.5 Å². The highest BCUT2D eigenvalue weighted by molar-refractivity contribution is 7.98. The molecule has 1 fully saturated rings. The number of ketones is 1. The number of aromatic carboxylic acids is 1. The monoisotopic (exact) mass is 419 g/mol. The summed E-state index contributed by atoms with van der Waals surface area (Å²) in [5, 5.41) is 12.9. The lowest BCUT2D eigenvalue weighted by atomic mass is 9.98. The number of hydrogen-bond donors (Lipinski definition) is 1. The number of carboxylic acids is 1. The number of thioether (sulfide) groups is 1. The van der Waals surface area contributed by atoms with E-state index in [0.717, 1.165) is 12.8 Å². The normalized spacial score (nSPS) is 14.6. The molecule has 0 atom stereocenters. The van der Waals surface area contributed by atoms with Crippen molar-refractivity contribution >= 4 is 58.3 Å². The van der Waals surface area contributed by atoms with E-state index in [4.69, 9.17) is 39.3 Å². The van der Waals surface area contributed by atoms with Gasteiger partial charge in [0.1, 0.15) is 5.56 Å². The first-order valence-electron chi connectivity index (χ1n) is 7.26. The molecule has 0 spiro atoms. The van der Waals surface area contributed by atoms with Crippen molar-refractivity contribution in [2.75, 3.05) is 6.26 Å². The summed E-state index contributed by atoms with van der Waals surface area (Å²) in [6, 6.07) is 4.67. The number of carbonyl (C=O) groups excluding carboxylic acids is 1. The minimum absolute atomic E-state index is 0.00642. The van der Waals surface area contributed by atoms with Gasteiger partial charge < -0.3 is 9.63 Å². The molecule has 0 saturated heterocycles. The lowest BCUT2D eigenvalue weighted by Crippen LogP contribution is -2.12. The van der Waals surface area contributed by atoms with Crippen molar-refractivity contribution < 1.29 is 19.2 Å². The number of halogens is 3. The smallest absolute Gasteiger partial charge is 0.358 e. The van der Waals surface area contributed by atoms with Crippen molar-refractivity contribution in [2.24, 2.45) is 0 Å². The third-order valence-electron chi connectivity index (χ3n) is 3.87. The van der Waals surface area contributed by atoms with Crippen molar-refractivity contribution in [1.29, 1.82) is 0 Å². The Morgan fingerprint density at radius 1 is 1.32 bits per heavy atom. The van der Waals surface area contributed by atoms with Crippen LogP contribution in [0.2, 0.25) is 0 Å². The van der Waals surface area contributed by atoms with E-state index in [1.165, 1.54) is 23.9 Å². The van der Waals surface area contributed by atoms with Crippen LogP contribution >= 0.6 is 46.6 Å².